The van der Waals surface area contributed by atoms with E-state index in [-0.39, 0.29) is 0 Å². The molecule has 1 amide bonds. The molecule has 1 N–H and O–H groups in total. The van der Waals surface area contributed by atoms with Crippen LogP contribution in [0.3, 0.4) is 0 Å². The van der Waals surface area contributed by atoms with Gasteiger partial charge in [0.15, 0.2) is 0 Å². The quantitative estimate of drug-likeness (QED) is 0.807. The van der Waals surface area contributed by atoms with Gasteiger partial charge in [0.05, 0.1) is 0 Å². The van der Waals surface area contributed by atoms with Crippen molar-refractivity contribution in [3.63, 3.8) is 0 Å². The van der Waals surface area contributed by atoms with Gasteiger partial charge in [0.1, 0.15) is 0 Å². The van der Waals surface area contributed by atoms with E-state index in [1.54, 1.807) is 0 Å². The van der Waals surface area contributed by atoms with E-state index in [2.05, 4.69) is 10.2 Å². The molecule has 0 spiro atoms. The number of fused-ring (bicyclic) bond motifs is 1. The lowest BCUT2D eigenvalue weighted by atomic mass is 9.97. The van der Waals surface area contributed by atoms with Crippen LogP contribution in [-0.2, 0) is 4.79 Å². The molecule has 0 aromatic carbocycles. The number of thioether (sulfide) groups is 1. The zero-order valence-electron chi connectivity index (χ0n) is 10.4. The van der Waals surface area contributed by atoms with Gasteiger partial charge < -0.3 is 10.2 Å². The largest absolute Gasteiger partial charge is 0.338 e. The van der Waals surface area contributed by atoms with Gasteiger partial charge in [0.2, 0.25) is 5.91 Å². The molecule has 3 aliphatic rings. The summed E-state index contributed by atoms with van der Waals surface area (Å²) in [6, 6.07) is 0.514. The molecule has 0 saturated carbocycles. The van der Waals surface area contributed by atoms with Crippen molar-refractivity contribution in [2.24, 2.45) is 11.8 Å². The third-order valence-electron chi connectivity index (χ3n) is 4.57. The number of rotatable bonds is 2. The molecule has 3 saturated heterocycles. The second kappa shape index (κ2) is 5.19. The molecule has 0 bridgehead atoms. The van der Waals surface area contributed by atoms with Gasteiger partial charge in [-0.25, -0.2) is 0 Å². The van der Waals surface area contributed by atoms with Crippen molar-refractivity contribution in [2.45, 2.75) is 31.7 Å². The van der Waals surface area contributed by atoms with E-state index < -0.39 is 0 Å². The third kappa shape index (κ3) is 2.48. The lowest BCUT2D eigenvalue weighted by Gasteiger charge is -2.27. The van der Waals surface area contributed by atoms with Gasteiger partial charge in [0, 0.05) is 32.1 Å². The Hall–Kier alpha value is -0.220. The molecule has 3 heterocycles. The predicted molar refractivity (Wildman–Crippen MR) is 71.1 cm³/mol. The monoisotopic (exact) mass is 254 g/mol. The van der Waals surface area contributed by atoms with Gasteiger partial charge in [-0.3, -0.25) is 4.79 Å². The maximum atomic E-state index is 12.3. The van der Waals surface area contributed by atoms with Crippen LogP contribution in [0.25, 0.3) is 0 Å². The molecule has 0 radical (unpaired) electrons. The topological polar surface area (TPSA) is 32.3 Å². The first-order chi connectivity index (χ1) is 8.34. The van der Waals surface area contributed by atoms with Crippen LogP contribution in [0.2, 0.25) is 0 Å². The SMILES string of the molecule is O=C(CC1CCSCC1)N1CC[C@H]2CNC[C@H]21. The summed E-state index contributed by atoms with van der Waals surface area (Å²) in [4.78, 5) is 14.5. The van der Waals surface area contributed by atoms with Crippen molar-refractivity contribution in [1.29, 1.82) is 0 Å². The molecule has 0 unspecified atom stereocenters. The minimum absolute atomic E-state index is 0.429. The van der Waals surface area contributed by atoms with Crippen LogP contribution in [-0.4, -0.2) is 48.0 Å². The highest BCUT2D eigenvalue weighted by atomic mass is 32.2. The molecule has 3 nitrogen and oxygen atoms in total. The van der Waals surface area contributed by atoms with Crippen molar-refractivity contribution in [2.75, 3.05) is 31.1 Å². The lowest BCUT2D eigenvalue weighted by molar-refractivity contribution is -0.133. The van der Waals surface area contributed by atoms with Gasteiger partial charge in [0.25, 0.3) is 0 Å². The highest BCUT2D eigenvalue weighted by Gasteiger charge is 2.40. The number of hydrogen-bond donors (Lipinski definition) is 1. The number of nitrogens with one attached hydrogen (secondary N) is 1. The summed E-state index contributed by atoms with van der Waals surface area (Å²) in [5.74, 6) is 4.34. The zero-order chi connectivity index (χ0) is 11.7. The van der Waals surface area contributed by atoms with Crippen molar-refractivity contribution < 1.29 is 4.79 Å². The number of nitrogens with zero attached hydrogens (tertiary/aromatic N) is 1. The molecular formula is C13H22N2OS. The van der Waals surface area contributed by atoms with Crippen molar-refractivity contribution in [3.8, 4) is 0 Å². The van der Waals surface area contributed by atoms with E-state index in [1.165, 1.54) is 30.8 Å². The number of carbonyl (C=O) groups excluding carboxylic acids is 1. The number of amides is 1. The van der Waals surface area contributed by atoms with Crippen LogP contribution < -0.4 is 5.32 Å². The zero-order valence-corrected chi connectivity index (χ0v) is 11.2. The molecular weight excluding hydrogens is 232 g/mol. The molecule has 3 fully saturated rings. The second-order valence-corrected chi connectivity index (χ2v) is 6.85. The Kier molecular flexibility index (Phi) is 3.61. The highest BCUT2D eigenvalue weighted by Crippen LogP contribution is 2.30. The predicted octanol–water partition coefficient (Wildman–Crippen LogP) is 1.34. The summed E-state index contributed by atoms with van der Waals surface area (Å²) in [5, 5.41) is 3.42. The summed E-state index contributed by atoms with van der Waals surface area (Å²) in [5.41, 5.74) is 0. The molecule has 17 heavy (non-hydrogen) atoms. The Morgan fingerprint density at radius 2 is 2.06 bits per heavy atom. The molecule has 3 aliphatic heterocycles. The first-order valence-electron chi connectivity index (χ1n) is 6.92. The molecule has 4 heteroatoms. The van der Waals surface area contributed by atoms with Gasteiger partial charge in [-0.1, -0.05) is 0 Å². The third-order valence-corrected chi connectivity index (χ3v) is 5.62. The summed E-state index contributed by atoms with van der Waals surface area (Å²) >= 11 is 2.04. The minimum Gasteiger partial charge on any atom is -0.338 e. The fourth-order valence-electron chi connectivity index (χ4n) is 3.47. The van der Waals surface area contributed by atoms with Crippen molar-refractivity contribution >= 4 is 17.7 Å². The summed E-state index contributed by atoms with van der Waals surface area (Å²) in [7, 11) is 0. The summed E-state index contributed by atoms with van der Waals surface area (Å²) < 4.78 is 0. The van der Waals surface area contributed by atoms with E-state index >= 15 is 0 Å². The van der Waals surface area contributed by atoms with Crippen LogP contribution in [0.15, 0.2) is 0 Å². The molecule has 96 valence electrons. The normalized spacial score (nSPS) is 34.0. The van der Waals surface area contributed by atoms with Gasteiger partial charge in [-0.15, -0.1) is 0 Å². The first-order valence-corrected chi connectivity index (χ1v) is 8.08. The Labute approximate surface area is 108 Å². The minimum atomic E-state index is 0.429. The number of carbonyl (C=O) groups is 1. The molecule has 2 atom stereocenters. The summed E-state index contributed by atoms with van der Waals surface area (Å²) in [6.45, 7) is 3.16. The Balaban J connectivity index is 1.55. The van der Waals surface area contributed by atoms with Crippen LogP contribution in [0.5, 0.6) is 0 Å². The number of hydrogen-bond acceptors (Lipinski definition) is 3. The smallest absolute Gasteiger partial charge is 0.223 e. The van der Waals surface area contributed by atoms with E-state index in [0.29, 0.717) is 17.9 Å². The summed E-state index contributed by atoms with van der Waals surface area (Å²) in [6.07, 6.45) is 4.51. The average Bonchev–Trinajstić information content (AvgIpc) is 2.91. The van der Waals surface area contributed by atoms with E-state index in [9.17, 15) is 4.79 Å². The van der Waals surface area contributed by atoms with E-state index in [1.807, 2.05) is 11.8 Å². The van der Waals surface area contributed by atoms with Crippen LogP contribution >= 0.6 is 11.8 Å². The van der Waals surface area contributed by atoms with Gasteiger partial charge >= 0.3 is 0 Å². The van der Waals surface area contributed by atoms with Crippen LogP contribution in [0.4, 0.5) is 0 Å². The maximum Gasteiger partial charge on any atom is 0.223 e. The van der Waals surface area contributed by atoms with Crippen molar-refractivity contribution in [3.05, 3.63) is 0 Å². The van der Waals surface area contributed by atoms with Crippen molar-refractivity contribution in [1.82, 2.24) is 10.2 Å². The van der Waals surface area contributed by atoms with Crippen LogP contribution in [0.1, 0.15) is 25.7 Å². The molecule has 0 aromatic rings. The molecule has 3 rings (SSSR count). The van der Waals surface area contributed by atoms with E-state index in [4.69, 9.17) is 0 Å². The van der Waals surface area contributed by atoms with Gasteiger partial charge in [-0.05, 0) is 42.6 Å². The molecule has 0 aliphatic carbocycles. The number of likely N-dealkylation sites (tertiary alicyclic amines) is 1. The molecule has 0 aromatic heterocycles. The Morgan fingerprint density at radius 1 is 1.24 bits per heavy atom. The van der Waals surface area contributed by atoms with E-state index in [0.717, 1.165) is 32.0 Å². The standard InChI is InChI=1S/C13H22N2OS/c16-13(7-10-2-5-17-6-3-10)15-4-1-11-8-14-9-12(11)15/h10-12,14H,1-9H2/t11-,12+/m0/s1. The van der Waals surface area contributed by atoms with Gasteiger partial charge in [-0.2, -0.15) is 11.8 Å². The fourth-order valence-corrected chi connectivity index (χ4v) is 4.68. The highest BCUT2D eigenvalue weighted by molar-refractivity contribution is 7.99. The second-order valence-electron chi connectivity index (χ2n) is 5.62. The first kappa shape index (κ1) is 11.8. The average molecular weight is 254 g/mol. The Morgan fingerprint density at radius 3 is 2.88 bits per heavy atom. The lowest BCUT2D eigenvalue weighted by Crippen LogP contribution is -2.40. The maximum absolute atomic E-state index is 12.3. The van der Waals surface area contributed by atoms with Crippen LogP contribution in [0, 0.1) is 11.8 Å². The Bertz CT molecular complexity index is 291. The fraction of sp³-hybridized carbons (Fsp3) is 0.923.